The SMILES string of the molecule is N#CNC(=Nc1ccccc1F)SCc1ccccc1. The van der Waals surface area contributed by atoms with E-state index in [0.717, 1.165) is 5.56 Å². The fourth-order valence-electron chi connectivity index (χ4n) is 1.52. The van der Waals surface area contributed by atoms with Gasteiger partial charge in [-0.15, -0.1) is 0 Å². The molecule has 0 heterocycles. The molecule has 0 atom stereocenters. The van der Waals surface area contributed by atoms with Crippen molar-refractivity contribution in [3.8, 4) is 6.19 Å². The molecule has 2 aromatic carbocycles. The molecule has 2 aromatic rings. The summed E-state index contributed by atoms with van der Waals surface area (Å²) in [7, 11) is 0. The number of nitrogens with one attached hydrogen (secondary N) is 1. The Morgan fingerprint density at radius 2 is 1.85 bits per heavy atom. The molecule has 0 aliphatic carbocycles. The Kier molecular flexibility index (Phi) is 5.15. The van der Waals surface area contributed by atoms with Gasteiger partial charge in [-0.1, -0.05) is 54.2 Å². The van der Waals surface area contributed by atoms with Crippen LogP contribution >= 0.6 is 11.8 Å². The molecule has 2 rings (SSSR count). The van der Waals surface area contributed by atoms with Crippen LogP contribution in [0.1, 0.15) is 5.56 Å². The van der Waals surface area contributed by atoms with Crippen LogP contribution < -0.4 is 5.32 Å². The van der Waals surface area contributed by atoms with Crippen LogP contribution in [0.4, 0.5) is 10.1 Å². The summed E-state index contributed by atoms with van der Waals surface area (Å²) in [5.41, 5.74) is 1.32. The lowest BCUT2D eigenvalue weighted by molar-refractivity contribution is 0.630. The van der Waals surface area contributed by atoms with E-state index in [1.165, 1.54) is 17.8 Å². The molecule has 0 aliphatic heterocycles. The summed E-state index contributed by atoms with van der Waals surface area (Å²) in [5.74, 6) is 0.244. The minimum atomic E-state index is -0.412. The molecule has 100 valence electrons. The highest BCUT2D eigenvalue weighted by molar-refractivity contribution is 8.13. The van der Waals surface area contributed by atoms with E-state index in [2.05, 4.69) is 10.3 Å². The van der Waals surface area contributed by atoms with Gasteiger partial charge in [-0.05, 0) is 17.7 Å². The molecule has 1 N–H and O–H groups in total. The van der Waals surface area contributed by atoms with Gasteiger partial charge in [0.25, 0.3) is 0 Å². The molecule has 0 amide bonds. The van der Waals surface area contributed by atoms with Crippen LogP contribution in [0.15, 0.2) is 59.6 Å². The van der Waals surface area contributed by atoms with Crippen LogP contribution in [0.5, 0.6) is 0 Å². The topological polar surface area (TPSA) is 48.2 Å². The summed E-state index contributed by atoms with van der Waals surface area (Å²) in [6.45, 7) is 0. The highest BCUT2D eigenvalue weighted by Crippen LogP contribution is 2.20. The summed E-state index contributed by atoms with van der Waals surface area (Å²) in [6.07, 6.45) is 1.82. The second-order valence-electron chi connectivity index (χ2n) is 3.88. The number of benzene rings is 2. The lowest BCUT2D eigenvalue weighted by Crippen LogP contribution is -2.13. The van der Waals surface area contributed by atoms with E-state index in [1.807, 2.05) is 36.5 Å². The van der Waals surface area contributed by atoms with E-state index in [4.69, 9.17) is 5.26 Å². The van der Waals surface area contributed by atoms with Crippen LogP contribution in [0.25, 0.3) is 0 Å². The Hall–Kier alpha value is -2.32. The van der Waals surface area contributed by atoms with Gasteiger partial charge in [0.15, 0.2) is 11.4 Å². The van der Waals surface area contributed by atoms with Crippen molar-refractivity contribution in [1.82, 2.24) is 5.32 Å². The summed E-state index contributed by atoms with van der Waals surface area (Å²) in [4.78, 5) is 4.13. The Balaban J connectivity index is 2.11. The summed E-state index contributed by atoms with van der Waals surface area (Å²) >= 11 is 1.35. The summed E-state index contributed by atoms with van der Waals surface area (Å²) < 4.78 is 13.5. The molecule has 0 aromatic heterocycles. The molecule has 3 nitrogen and oxygen atoms in total. The second kappa shape index (κ2) is 7.31. The standard InChI is InChI=1S/C15H12FN3S/c16-13-8-4-5-9-14(13)19-15(18-11-17)20-10-12-6-2-1-3-7-12/h1-9H,10H2,(H,18,19). The van der Waals surface area contributed by atoms with Crippen LogP contribution in [0.2, 0.25) is 0 Å². The van der Waals surface area contributed by atoms with Crippen molar-refractivity contribution in [2.45, 2.75) is 5.75 Å². The van der Waals surface area contributed by atoms with Crippen LogP contribution in [0.3, 0.4) is 0 Å². The molecule has 0 saturated carbocycles. The van der Waals surface area contributed by atoms with E-state index < -0.39 is 5.82 Å². The normalized spacial score (nSPS) is 10.9. The quantitative estimate of drug-likeness (QED) is 0.403. The maximum atomic E-state index is 13.5. The first kappa shape index (κ1) is 14.1. The van der Waals surface area contributed by atoms with Gasteiger partial charge in [0.05, 0.1) is 0 Å². The molecule has 0 unspecified atom stereocenters. The largest absolute Gasteiger partial charge is 0.271 e. The molecule has 0 spiro atoms. The fourth-order valence-corrected chi connectivity index (χ4v) is 2.30. The molecule has 0 radical (unpaired) electrons. The molecule has 0 saturated heterocycles. The predicted octanol–water partition coefficient (Wildman–Crippen LogP) is 3.82. The van der Waals surface area contributed by atoms with E-state index >= 15 is 0 Å². The van der Waals surface area contributed by atoms with Crippen molar-refractivity contribution in [2.24, 2.45) is 4.99 Å². The third-order valence-corrected chi connectivity index (χ3v) is 3.40. The molecule has 0 fully saturated rings. The minimum absolute atomic E-state index is 0.214. The van der Waals surface area contributed by atoms with E-state index in [-0.39, 0.29) is 5.69 Å². The second-order valence-corrected chi connectivity index (χ2v) is 4.84. The van der Waals surface area contributed by atoms with E-state index in [0.29, 0.717) is 10.9 Å². The van der Waals surface area contributed by atoms with Gasteiger partial charge in [0, 0.05) is 5.75 Å². The lowest BCUT2D eigenvalue weighted by Gasteiger charge is -2.04. The highest BCUT2D eigenvalue weighted by atomic mass is 32.2. The van der Waals surface area contributed by atoms with E-state index in [9.17, 15) is 4.39 Å². The maximum absolute atomic E-state index is 13.5. The number of para-hydroxylation sites is 1. The first-order chi connectivity index (χ1) is 9.79. The number of nitrogens with zero attached hydrogens (tertiary/aromatic N) is 2. The smallest absolute Gasteiger partial charge is 0.183 e. The zero-order valence-corrected chi connectivity index (χ0v) is 11.4. The van der Waals surface area contributed by atoms with Gasteiger partial charge in [-0.3, -0.25) is 5.32 Å². The van der Waals surface area contributed by atoms with Gasteiger partial charge < -0.3 is 0 Å². The van der Waals surface area contributed by atoms with Gasteiger partial charge in [0.2, 0.25) is 0 Å². The first-order valence-corrected chi connectivity index (χ1v) is 6.93. The Bertz CT molecular complexity index is 635. The van der Waals surface area contributed by atoms with Crippen LogP contribution in [0, 0.1) is 17.3 Å². The number of hydrogen-bond acceptors (Lipinski definition) is 3. The number of nitriles is 1. The van der Waals surface area contributed by atoms with Crippen molar-refractivity contribution in [2.75, 3.05) is 0 Å². The van der Waals surface area contributed by atoms with Crippen molar-refractivity contribution < 1.29 is 4.39 Å². The monoisotopic (exact) mass is 285 g/mol. The maximum Gasteiger partial charge on any atom is 0.183 e. The molecule has 5 heteroatoms. The molecule has 0 bridgehead atoms. The molecule has 0 aliphatic rings. The Morgan fingerprint density at radius 1 is 1.15 bits per heavy atom. The van der Waals surface area contributed by atoms with Gasteiger partial charge in [-0.2, -0.15) is 5.26 Å². The molecular formula is C15H12FN3S. The lowest BCUT2D eigenvalue weighted by atomic mass is 10.2. The van der Waals surface area contributed by atoms with Crippen molar-refractivity contribution in [3.63, 3.8) is 0 Å². The Morgan fingerprint density at radius 3 is 2.55 bits per heavy atom. The molecular weight excluding hydrogens is 273 g/mol. The first-order valence-electron chi connectivity index (χ1n) is 5.94. The average molecular weight is 285 g/mol. The van der Waals surface area contributed by atoms with Crippen LogP contribution in [-0.2, 0) is 5.75 Å². The van der Waals surface area contributed by atoms with E-state index in [1.54, 1.807) is 18.2 Å². The number of thioether (sulfide) groups is 1. The van der Waals surface area contributed by atoms with Gasteiger partial charge in [-0.25, -0.2) is 9.38 Å². The third-order valence-electron chi connectivity index (χ3n) is 2.46. The summed E-state index contributed by atoms with van der Waals surface area (Å²) in [6, 6.07) is 16.0. The van der Waals surface area contributed by atoms with Crippen molar-refractivity contribution in [3.05, 3.63) is 66.0 Å². The average Bonchev–Trinajstić information content (AvgIpc) is 2.48. The fraction of sp³-hybridized carbons (Fsp3) is 0.0667. The van der Waals surface area contributed by atoms with Gasteiger partial charge in [0.1, 0.15) is 11.5 Å². The number of rotatable bonds is 3. The van der Waals surface area contributed by atoms with Crippen LogP contribution in [-0.4, -0.2) is 5.17 Å². The number of amidine groups is 1. The minimum Gasteiger partial charge on any atom is -0.271 e. The van der Waals surface area contributed by atoms with Crippen molar-refractivity contribution >= 4 is 22.6 Å². The predicted molar refractivity (Wildman–Crippen MR) is 80.0 cm³/mol. The molecule has 20 heavy (non-hydrogen) atoms. The zero-order chi connectivity index (χ0) is 14.2. The zero-order valence-electron chi connectivity index (χ0n) is 10.6. The number of halogens is 1. The number of aliphatic imine (C=N–C) groups is 1. The Labute approximate surface area is 121 Å². The third kappa shape index (κ3) is 4.11. The summed E-state index contributed by atoms with van der Waals surface area (Å²) in [5, 5.41) is 11.6. The van der Waals surface area contributed by atoms with Crippen molar-refractivity contribution in [1.29, 1.82) is 5.26 Å². The van der Waals surface area contributed by atoms with Gasteiger partial charge >= 0.3 is 0 Å². The number of hydrogen-bond donors (Lipinski definition) is 1. The highest BCUT2D eigenvalue weighted by Gasteiger charge is 2.04.